The van der Waals surface area contributed by atoms with Crippen LogP contribution in [-0.2, 0) is 13.0 Å². The second-order valence-electron chi connectivity index (χ2n) is 5.08. The van der Waals surface area contributed by atoms with Crippen LogP contribution in [-0.4, -0.2) is 22.6 Å². The Morgan fingerprint density at radius 2 is 2.00 bits per heavy atom. The molecular formula is C17H21N5S. The summed E-state index contributed by atoms with van der Waals surface area (Å²) in [5.74, 6) is 0.306. The molecule has 120 valence electrons. The molecule has 23 heavy (non-hydrogen) atoms. The van der Waals surface area contributed by atoms with Gasteiger partial charge in [-0.3, -0.25) is 4.98 Å². The Morgan fingerprint density at radius 1 is 1.22 bits per heavy atom. The maximum absolute atomic E-state index is 5.83. The Kier molecular flexibility index (Phi) is 6.50. The molecule has 0 spiro atoms. The molecule has 1 aromatic carbocycles. The summed E-state index contributed by atoms with van der Waals surface area (Å²) in [6, 6.07) is 13.9. The Morgan fingerprint density at radius 3 is 2.74 bits per heavy atom. The van der Waals surface area contributed by atoms with E-state index in [1.165, 1.54) is 5.56 Å². The van der Waals surface area contributed by atoms with Crippen LogP contribution >= 0.6 is 12.2 Å². The highest BCUT2D eigenvalue weighted by molar-refractivity contribution is 7.80. The van der Waals surface area contributed by atoms with Crippen molar-refractivity contribution in [2.24, 2.45) is 10.7 Å². The number of nitrogens with one attached hydrogen (secondary N) is 2. The first-order valence-corrected chi connectivity index (χ1v) is 7.85. The summed E-state index contributed by atoms with van der Waals surface area (Å²) in [5, 5.41) is 6.45. The van der Waals surface area contributed by atoms with Crippen LogP contribution in [0.25, 0.3) is 0 Å². The highest BCUT2D eigenvalue weighted by Crippen LogP contribution is 2.03. The average Bonchev–Trinajstić information content (AvgIpc) is 2.56. The van der Waals surface area contributed by atoms with E-state index < -0.39 is 0 Å². The minimum absolute atomic E-state index is 0.306. The number of aromatic nitrogens is 1. The monoisotopic (exact) mass is 327 g/mol. The van der Waals surface area contributed by atoms with Crippen molar-refractivity contribution in [1.29, 1.82) is 0 Å². The zero-order valence-corrected chi connectivity index (χ0v) is 13.9. The Labute approximate surface area is 142 Å². The molecular weight excluding hydrogens is 306 g/mol. The van der Waals surface area contributed by atoms with Crippen molar-refractivity contribution in [3.63, 3.8) is 0 Å². The summed E-state index contributed by atoms with van der Waals surface area (Å²) in [7, 11) is 0. The molecule has 1 heterocycles. The van der Waals surface area contributed by atoms with Gasteiger partial charge in [0.1, 0.15) is 0 Å². The van der Waals surface area contributed by atoms with Crippen LogP contribution in [0.15, 0.2) is 53.7 Å². The first-order valence-electron chi connectivity index (χ1n) is 7.44. The number of benzene rings is 1. The van der Waals surface area contributed by atoms with Crippen molar-refractivity contribution >= 4 is 23.3 Å². The SMILES string of the molecule is Cc1cccnc1CCNC(=S)NC(N)=NCc1ccccc1. The van der Waals surface area contributed by atoms with Gasteiger partial charge in [0.15, 0.2) is 11.1 Å². The number of thiocarbonyl (C=S) groups is 1. The molecule has 0 saturated carbocycles. The summed E-state index contributed by atoms with van der Waals surface area (Å²) in [4.78, 5) is 8.61. The van der Waals surface area contributed by atoms with E-state index in [0.29, 0.717) is 24.2 Å². The number of nitrogens with two attached hydrogens (primary N) is 1. The number of aryl methyl sites for hydroxylation is 1. The second-order valence-corrected chi connectivity index (χ2v) is 5.49. The lowest BCUT2D eigenvalue weighted by Gasteiger charge is -2.10. The van der Waals surface area contributed by atoms with Crippen molar-refractivity contribution in [2.75, 3.05) is 6.54 Å². The zero-order valence-electron chi connectivity index (χ0n) is 13.1. The summed E-state index contributed by atoms with van der Waals surface area (Å²) in [6.07, 6.45) is 2.60. The topological polar surface area (TPSA) is 75.3 Å². The molecule has 0 fully saturated rings. The third-order valence-corrected chi connectivity index (χ3v) is 3.53. The van der Waals surface area contributed by atoms with Crippen LogP contribution in [0.3, 0.4) is 0 Å². The third kappa shape index (κ3) is 6.04. The first kappa shape index (κ1) is 16.9. The van der Waals surface area contributed by atoms with E-state index in [0.717, 1.165) is 17.7 Å². The van der Waals surface area contributed by atoms with Gasteiger partial charge >= 0.3 is 0 Å². The predicted octanol–water partition coefficient (Wildman–Crippen LogP) is 1.91. The fourth-order valence-corrected chi connectivity index (χ4v) is 2.24. The minimum Gasteiger partial charge on any atom is -0.370 e. The number of guanidine groups is 1. The predicted molar refractivity (Wildman–Crippen MR) is 98.2 cm³/mol. The van der Waals surface area contributed by atoms with E-state index in [2.05, 4.69) is 20.6 Å². The standard InChI is InChI=1S/C17H21N5S/c1-13-6-5-10-19-15(13)9-11-20-17(23)22-16(18)21-12-14-7-3-2-4-8-14/h2-8,10H,9,11-12H2,1H3,(H4,18,20,21,22,23). The summed E-state index contributed by atoms with van der Waals surface area (Å²) in [6.45, 7) is 3.26. The van der Waals surface area contributed by atoms with E-state index in [-0.39, 0.29) is 0 Å². The fraction of sp³-hybridized carbons (Fsp3) is 0.235. The lowest BCUT2D eigenvalue weighted by atomic mass is 10.2. The van der Waals surface area contributed by atoms with Crippen LogP contribution in [0.4, 0.5) is 0 Å². The Bertz CT molecular complexity index is 670. The number of rotatable bonds is 5. The molecule has 6 heteroatoms. The van der Waals surface area contributed by atoms with Gasteiger partial charge in [0.25, 0.3) is 0 Å². The normalized spacial score (nSPS) is 11.1. The molecule has 2 aromatic rings. The van der Waals surface area contributed by atoms with Crippen molar-refractivity contribution in [1.82, 2.24) is 15.6 Å². The van der Waals surface area contributed by atoms with Gasteiger partial charge in [-0.05, 0) is 36.3 Å². The van der Waals surface area contributed by atoms with Gasteiger partial charge in [-0.15, -0.1) is 0 Å². The lowest BCUT2D eigenvalue weighted by molar-refractivity contribution is 0.829. The molecule has 0 aliphatic carbocycles. The molecule has 0 saturated heterocycles. The van der Waals surface area contributed by atoms with Gasteiger partial charge < -0.3 is 16.4 Å². The molecule has 1 aromatic heterocycles. The number of aliphatic imine (C=N–C) groups is 1. The number of pyridine rings is 1. The third-order valence-electron chi connectivity index (χ3n) is 3.28. The first-order chi connectivity index (χ1) is 11.1. The number of nitrogens with zero attached hydrogens (tertiary/aromatic N) is 2. The Balaban J connectivity index is 1.73. The zero-order chi connectivity index (χ0) is 16.5. The smallest absolute Gasteiger partial charge is 0.195 e. The molecule has 2 rings (SSSR count). The summed E-state index contributed by atoms with van der Waals surface area (Å²) < 4.78 is 0. The van der Waals surface area contributed by atoms with Crippen LogP contribution in [0.5, 0.6) is 0 Å². The molecule has 0 unspecified atom stereocenters. The molecule has 0 aliphatic rings. The maximum atomic E-state index is 5.83. The molecule has 0 amide bonds. The summed E-state index contributed by atoms with van der Waals surface area (Å²) >= 11 is 5.21. The Hall–Kier alpha value is -2.47. The quantitative estimate of drug-likeness (QED) is 0.444. The van der Waals surface area contributed by atoms with E-state index in [1.54, 1.807) is 6.20 Å². The highest BCUT2D eigenvalue weighted by atomic mass is 32.1. The van der Waals surface area contributed by atoms with Gasteiger partial charge in [-0.2, -0.15) is 0 Å². The second kappa shape index (κ2) is 8.85. The largest absolute Gasteiger partial charge is 0.370 e. The average molecular weight is 327 g/mol. The molecule has 0 radical (unpaired) electrons. The van der Waals surface area contributed by atoms with Crippen molar-refractivity contribution in [3.05, 3.63) is 65.5 Å². The van der Waals surface area contributed by atoms with Crippen molar-refractivity contribution < 1.29 is 0 Å². The van der Waals surface area contributed by atoms with Crippen molar-refractivity contribution in [2.45, 2.75) is 19.9 Å². The van der Waals surface area contributed by atoms with Crippen LogP contribution in [0.2, 0.25) is 0 Å². The number of hydrogen-bond donors (Lipinski definition) is 3. The highest BCUT2D eigenvalue weighted by Gasteiger charge is 2.01. The van der Waals surface area contributed by atoms with Gasteiger partial charge in [0.05, 0.1) is 6.54 Å². The van der Waals surface area contributed by atoms with Crippen LogP contribution < -0.4 is 16.4 Å². The molecule has 0 atom stereocenters. The molecule has 0 aliphatic heterocycles. The lowest BCUT2D eigenvalue weighted by Crippen LogP contribution is -2.43. The van der Waals surface area contributed by atoms with E-state index in [1.807, 2.05) is 49.4 Å². The maximum Gasteiger partial charge on any atom is 0.195 e. The molecule has 0 bridgehead atoms. The molecule has 4 N–H and O–H groups in total. The van der Waals surface area contributed by atoms with Gasteiger partial charge in [-0.25, -0.2) is 4.99 Å². The fourth-order valence-electron chi connectivity index (χ4n) is 2.03. The van der Waals surface area contributed by atoms with E-state index in [4.69, 9.17) is 18.0 Å². The van der Waals surface area contributed by atoms with Gasteiger partial charge in [-0.1, -0.05) is 36.4 Å². The van der Waals surface area contributed by atoms with Gasteiger partial charge in [0.2, 0.25) is 0 Å². The summed E-state index contributed by atoms with van der Waals surface area (Å²) in [5.41, 5.74) is 9.17. The van der Waals surface area contributed by atoms with E-state index in [9.17, 15) is 0 Å². The van der Waals surface area contributed by atoms with Gasteiger partial charge in [0, 0.05) is 24.9 Å². The van der Waals surface area contributed by atoms with Crippen molar-refractivity contribution in [3.8, 4) is 0 Å². The van der Waals surface area contributed by atoms with Crippen LogP contribution in [0, 0.1) is 6.92 Å². The minimum atomic E-state index is 0.306. The molecule has 5 nitrogen and oxygen atoms in total. The van der Waals surface area contributed by atoms with E-state index >= 15 is 0 Å². The van der Waals surface area contributed by atoms with Crippen LogP contribution in [0.1, 0.15) is 16.8 Å². The number of hydrogen-bond acceptors (Lipinski definition) is 3.